The number of anilines is 3. The molecule has 1 saturated carbocycles. The fourth-order valence-corrected chi connectivity index (χ4v) is 5.92. The minimum Gasteiger partial charge on any atom is -0.455 e. The molecular formula is C30H27N7O3S. The smallest absolute Gasteiger partial charge is 0.413 e. The van der Waals surface area contributed by atoms with Crippen molar-refractivity contribution in [2.24, 2.45) is 11.8 Å². The Morgan fingerprint density at radius 1 is 1.00 bits per heavy atom. The third kappa shape index (κ3) is 5.23. The molecule has 7 rings (SSSR count). The monoisotopic (exact) mass is 565 g/mol. The van der Waals surface area contributed by atoms with Crippen molar-refractivity contribution in [2.45, 2.75) is 19.9 Å². The number of hydrogen-bond donors (Lipinski definition) is 2. The number of fused-ring (bicyclic) bond motifs is 2. The molecule has 0 spiro atoms. The molecule has 0 radical (unpaired) electrons. The highest BCUT2D eigenvalue weighted by molar-refractivity contribution is 7.11. The van der Waals surface area contributed by atoms with Gasteiger partial charge in [-0.15, -0.1) is 11.3 Å². The fraction of sp³-hybridized carbons (Fsp3) is 0.233. The zero-order valence-electron chi connectivity index (χ0n) is 22.4. The van der Waals surface area contributed by atoms with Gasteiger partial charge in [0.15, 0.2) is 5.06 Å². The van der Waals surface area contributed by atoms with Crippen molar-refractivity contribution in [1.82, 2.24) is 25.3 Å². The number of nitrogens with one attached hydrogen (secondary N) is 2. The van der Waals surface area contributed by atoms with Gasteiger partial charge in [0.05, 0.1) is 17.9 Å². The predicted octanol–water partition coefficient (Wildman–Crippen LogP) is 5.86. The van der Waals surface area contributed by atoms with Crippen LogP contribution in [-0.2, 0) is 0 Å². The number of pyridine rings is 2. The first-order valence-electron chi connectivity index (χ1n) is 13.4. The summed E-state index contributed by atoms with van der Waals surface area (Å²) in [6.07, 6.45) is 4.66. The number of thiophene rings is 1. The summed E-state index contributed by atoms with van der Waals surface area (Å²) in [7, 11) is 0. The van der Waals surface area contributed by atoms with Gasteiger partial charge >= 0.3 is 6.09 Å². The van der Waals surface area contributed by atoms with Crippen molar-refractivity contribution in [3.8, 4) is 16.6 Å². The van der Waals surface area contributed by atoms with Crippen LogP contribution in [0.5, 0.6) is 16.6 Å². The van der Waals surface area contributed by atoms with Crippen LogP contribution in [0.1, 0.15) is 11.3 Å². The number of nitrogens with zero attached hydrogens (tertiary/aromatic N) is 5. The third-order valence-electron chi connectivity index (χ3n) is 7.55. The van der Waals surface area contributed by atoms with Gasteiger partial charge in [-0.25, -0.2) is 19.7 Å². The van der Waals surface area contributed by atoms with E-state index in [1.54, 1.807) is 18.5 Å². The van der Waals surface area contributed by atoms with E-state index in [9.17, 15) is 4.79 Å². The lowest BCUT2D eigenvalue weighted by Crippen LogP contribution is -2.36. The Balaban J connectivity index is 1.02. The van der Waals surface area contributed by atoms with Crippen LogP contribution in [0.25, 0.3) is 10.9 Å². The molecule has 4 aromatic heterocycles. The molecule has 41 heavy (non-hydrogen) atoms. The Morgan fingerprint density at radius 2 is 1.88 bits per heavy atom. The number of benzene rings is 1. The lowest BCUT2D eigenvalue weighted by molar-refractivity contribution is 0.200. The third-order valence-corrected chi connectivity index (χ3v) is 8.29. The van der Waals surface area contributed by atoms with Crippen LogP contribution >= 0.6 is 11.3 Å². The molecule has 2 N–H and O–H groups in total. The average molecular weight is 566 g/mol. The SMILES string of the molecule is Cc1ccc(Oc2ccc(Nc3ncnc4cnc(N5CC6C(C5)C6NC(=O)Oc5cccs5)cc34)cc2C)cn1. The summed E-state index contributed by atoms with van der Waals surface area (Å²) >= 11 is 1.40. The molecule has 1 amide bonds. The molecule has 206 valence electrons. The van der Waals surface area contributed by atoms with Crippen molar-refractivity contribution in [3.63, 3.8) is 0 Å². The van der Waals surface area contributed by atoms with Crippen molar-refractivity contribution in [1.29, 1.82) is 0 Å². The summed E-state index contributed by atoms with van der Waals surface area (Å²) in [6.45, 7) is 5.59. The molecular weight excluding hydrogens is 538 g/mol. The maximum absolute atomic E-state index is 12.2. The maximum atomic E-state index is 12.2. The molecule has 11 heteroatoms. The van der Waals surface area contributed by atoms with Crippen LogP contribution in [-0.4, -0.2) is 45.2 Å². The highest BCUT2D eigenvalue weighted by Crippen LogP contribution is 2.47. The van der Waals surface area contributed by atoms with Gasteiger partial charge in [0.2, 0.25) is 0 Å². The van der Waals surface area contributed by atoms with E-state index in [2.05, 4.69) is 35.5 Å². The molecule has 1 saturated heterocycles. The molecule has 1 aliphatic heterocycles. The number of piperidine rings is 1. The van der Waals surface area contributed by atoms with Gasteiger partial charge in [0.25, 0.3) is 0 Å². The Hall–Kier alpha value is -4.77. The molecule has 5 heterocycles. The number of aromatic nitrogens is 4. The van der Waals surface area contributed by atoms with Gasteiger partial charge in [-0.2, -0.15) is 0 Å². The Morgan fingerprint density at radius 3 is 2.63 bits per heavy atom. The number of hydrogen-bond acceptors (Lipinski definition) is 10. The zero-order valence-corrected chi connectivity index (χ0v) is 23.3. The predicted molar refractivity (Wildman–Crippen MR) is 157 cm³/mol. The second-order valence-electron chi connectivity index (χ2n) is 10.3. The normalized spacial score (nSPS) is 19.1. The molecule has 5 aromatic rings. The van der Waals surface area contributed by atoms with E-state index in [-0.39, 0.29) is 6.04 Å². The quantitative estimate of drug-likeness (QED) is 0.250. The molecule has 2 atom stereocenters. The second-order valence-corrected chi connectivity index (χ2v) is 11.3. The van der Waals surface area contributed by atoms with Crippen molar-refractivity contribution in [2.75, 3.05) is 23.3 Å². The number of rotatable bonds is 7. The van der Waals surface area contributed by atoms with Gasteiger partial charge in [-0.1, -0.05) is 0 Å². The number of ether oxygens (including phenoxy) is 2. The molecule has 2 fully saturated rings. The Labute approximate surface area is 240 Å². The molecule has 2 unspecified atom stereocenters. The zero-order chi connectivity index (χ0) is 27.9. The van der Waals surface area contributed by atoms with E-state index in [0.717, 1.165) is 52.5 Å². The molecule has 10 nitrogen and oxygen atoms in total. The van der Waals surface area contributed by atoms with Crippen LogP contribution < -0.4 is 25.0 Å². The van der Waals surface area contributed by atoms with Crippen molar-refractivity contribution in [3.05, 3.63) is 83.9 Å². The first kappa shape index (κ1) is 25.2. The number of aryl methyl sites for hydroxylation is 2. The van der Waals surface area contributed by atoms with Gasteiger partial charge in [-0.3, -0.25) is 4.98 Å². The van der Waals surface area contributed by atoms with E-state index in [4.69, 9.17) is 9.47 Å². The van der Waals surface area contributed by atoms with Crippen molar-refractivity contribution >= 4 is 45.7 Å². The topological polar surface area (TPSA) is 114 Å². The second kappa shape index (κ2) is 10.3. The highest BCUT2D eigenvalue weighted by Gasteiger charge is 2.57. The van der Waals surface area contributed by atoms with Crippen LogP contribution in [0.15, 0.2) is 72.6 Å². The summed E-state index contributed by atoms with van der Waals surface area (Å²) in [5, 5.41) is 9.82. The van der Waals surface area contributed by atoms with Gasteiger partial charge in [-0.05, 0) is 73.3 Å². The van der Waals surface area contributed by atoms with E-state index >= 15 is 0 Å². The van der Waals surface area contributed by atoms with Gasteiger partial charge in [0, 0.05) is 47.7 Å². The van der Waals surface area contributed by atoms with Gasteiger partial charge in [0.1, 0.15) is 29.5 Å². The van der Waals surface area contributed by atoms with E-state index < -0.39 is 6.09 Å². The van der Waals surface area contributed by atoms with Crippen LogP contribution in [0.2, 0.25) is 0 Å². The molecule has 1 aliphatic carbocycles. The highest BCUT2D eigenvalue weighted by atomic mass is 32.1. The van der Waals surface area contributed by atoms with Crippen LogP contribution in [0, 0.1) is 25.7 Å². The minimum absolute atomic E-state index is 0.136. The lowest BCUT2D eigenvalue weighted by atomic mass is 10.2. The summed E-state index contributed by atoms with van der Waals surface area (Å²) in [4.78, 5) is 32.4. The molecule has 0 bridgehead atoms. The number of carbonyl (C=O) groups is 1. The largest absolute Gasteiger partial charge is 0.455 e. The van der Waals surface area contributed by atoms with Gasteiger partial charge < -0.3 is 25.0 Å². The average Bonchev–Trinajstić information content (AvgIpc) is 3.33. The first-order chi connectivity index (χ1) is 20.0. The standard InChI is InChI=1S/C30H27N7O3S/c1-17-10-19(6-8-25(17)39-20-7-5-18(2)31-12-20)35-29-21-11-26(32-13-24(21)33-16-34-29)37-14-22-23(15-37)28(22)36-30(38)40-27-4-3-9-41-27/h3-13,16,22-23,28H,14-15H2,1-2H3,(H,36,38)(H,33,34,35). The van der Waals surface area contributed by atoms with E-state index in [1.807, 2.05) is 61.7 Å². The summed E-state index contributed by atoms with van der Waals surface area (Å²) in [5.74, 6) is 3.80. The van der Waals surface area contributed by atoms with Crippen LogP contribution in [0.4, 0.5) is 22.1 Å². The number of amides is 1. The van der Waals surface area contributed by atoms with E-state index in [1.165, 1.54) is 17.7 Å². The van der Waals surface area contributed by atoms with Crippen LogP contribution in [0.3, 0.4) is 0 Å². The maximum Gasteiger partial charge on any atom is 0.413 e. The Bertz CT molecular complexity index is 1720. The Kier molecular flexibility index (Phi) is 6.35. The summed E-state index contributed by atoms with van der Waals surface area (Å²) < 4.78 is 11.4. The van der Waals surface area contributed by atoms with Crippen molar-refractivity contribution < 1.29 is 14.3 Å². The first-order valence-corrected chi connectivity index (χ1v) is 14.2. The molecule has 1 aromatic carbocycles. The summed E-state index contributed by atoms with van der Waals surface area (Å²) in [5.41, 5.74) is 3.57. The number of carbonyl (C=O) groups excluding carboxylic acids is 1. The van der Waals surface area contributed by atoms with E-state index in [0.29, 0.717) is 28.5 Å². The summed E-state index contributed by atoms with van der Waals surface area (Å²) in [6, 6.07) is 15.6. The lowest BCUT2D eigenvalue weighted by Gasteiger charge is -2.21. The fourth-order valence-electron chi connectivity index (χ4n) is 5.35. The minimum atomic E-state index is -0.392. The molecule has 2 aliphatic rings.